The number of hydrogen-bond donors (Lipinski definition) is 1. The molecule has 26 heavy (non-hydrogen) atoms. The van der Waals surface area contributed by atoms with E-state index in [1.165, 1.54) is 4.88 Å². The fraction of sp³-hybridized carbons (Fsp3) is 0.476. The number of carbonyl (C=O) groups excluding carboxylic acids is 1. The number of rotatable bonds is 9. The highest BCUT2D eigenvalue weighted by molar-refractivity contribution is 7.09. The minimum atomic E-state index is -0.428. The van der Waals surface area contributed by atoms with Gasteiger partial charge in [-0.05, 0) is 42.0 Å². The van der Waals surface area contributed by atoms with Gasteiger partial charge in [0.2, 0.25) is 5.91 Å². The van der Waals surface area contributed by atoms with E-state index in [-0.39, 0.29) is 11.9 Å². The molecule has 1 N–H and O–H groups in total. The molecule has 3 rings (SSSR count). The monoisotopic (exact) mass is 373 g/mol. The third-order valence-corrected chi connectivity index (χ3v) is 5.70. The van der Waals surface area contributed by atoms with Crippen molar-refractivity contribution in [1.29, 1.82) is 0 Å². The van der Waals surface area contributed by atoms with Gasteiger partial charge in [0.25, 0.3) is 0 Å². The lowest BCUT2D eigenvalue weighted by atomic mass is 10.0. The van der Waals surface area contributed by atoms with E-state index in [1.54, 1.807) is 11.3 Å². The zero-order valence-electron chi connectivity index (χ0n) is 15.3. The molecule has 0 saturated carbocycles. The molecule has 2 atom stereocenters. The molecule has 4 nitrogen and oxygen atoms in total. The minimum absolute atomic E-state index is 0.0818. The van der Waals surface area contributed by atoms with Crippen LogP contribution >= 0.6 is 11.3 Å². The summed E-state index contributed by atoms with van der Waals surface area (Å²) in [6, 6.07) is 11.9. The fourth-order valence-electron chi connectivity index (χ4n) is 3.37. The number of thiophene rings is 1. The van der Waals surface area contributed by atoms with Crippen molar-refractivity contribution in [2.24, 2.45) is 0 Å². The van der Waals surface area contributed by atoms with Gasteiger partial charge in [-0.3, -0.25) is 4.79 Å². The first-order valence-corrected chi connectivity index (χ1v) is 10.3. The van der Waals surface area contributed by atoms with Crippen molar-refractivity contribution in [1.82, 2.24) is 0 Å². The lowest BCUT2D eigenvalue weighted by molar-refractivity contribution is -0.117. The minimum Gasteiger partial charge on any atom is -0.388 e. The second-order valence-electron chi connectivity index (χ2n) is 6.80. The summed E-state index contributed by atoms with van der Waals surface area (Å²) in [6.45, 7) is 3.26. The average Bonchev–Trinajstić information content (AvgIpc) is 3.30. The number of ether oxygens (including phenoxy) is 1. The van der Waals surface area contributed by atoms with Crippen molar-refractivity contribution in [3.05, 3.63) is 52.2 Å². The van der Waals surface area contributed by atoms with Crippen LogP contribution in [0.5, 0.6) is 0 Å². The van der Waals surface area contributed by atoms with Crippen molar-refractivity contribution >= 4 is 22.9 Å². The number of aliphatic hydroxyl groups excluding tert-OH is 1. The average molecular weight is 374 g/mol. The van der Waals surface area contributed by atoms with E-state index in [9.17, 15) is 9.90 Å². The Labute approximate surface area is 159 Å². The molecule has 0 bridgehead atoms. The molecule has 2 aromatic rings. The molecule has 0 spiro atoms. The first-order chi connectivity index (χ1) is 12.7. The van der Waals surface area contributed by atoms with Crippen molar-refractivity contribution in [3.8, 4) is 0 Å². The summed E-state index contributed by atoms with van der Waals surface area (Å²) in [5.41, 5.74) is 1.81. The van der Waals surface area contributed by atoms with Gasteiger partial charge in [0.1, 0.15) is 0 Å². The quantitative estimate of drug-likeness (QED) is 0.694. The first kappa shape index (κ1) is 19.1. The molecule has 1 amide bonds. The van der Waals surface area contributed by atoms with Gasteiger partial charge in [-0.25, -0.2) is 0 Å². The standard InChI is InChI=1S/C21H27NO3S/c1-2-3-6-20(23)16-7-9-17(10-8-16)22-18(11-12-21(22)24)14-25-15-19-5-4-13-26-19/h4-5,7-10,13,18,20,23H,2-3,6,11-12,14-15H2,1H3/t18-,20?/m1/s1. The van der Waals surface area contributed by atoms with Gasteiger partial charge in [-0.1, -0.05) is 38.0 Å². The third kappa shape index (κ3) is 4.72. The van der Waals surface area contributed by atoms with E-state index in [4.69, 9.17) is 4.74 Å². The van der Waals surface area contributed by atoms with Gasteiger partial charge >= 0.3 is 0 Å². The lowest BCUT2D eigenvalue weighted by Gasteiger charge is -2.25. The zero-order valence-corrected chi connectivity index (χ0v) is 16.1. The van der Waals surface area contributed by atoms with E-state index >= 15 is 0 Å². The fourth-order valence-corrected chi connectivity index (χ4v) is 4.01. The van der Waals surface area contributed by atoms with Crippen LogP contribution in [-0.4, -0.2) is 23.7 Å². The summed E-state index contributed by atoms with van der Waals surface area (Å²) in [5.74, 6) is 0.147. The van der Waals surface area contributed by atoms with E-state index < -0.39 is 6.10 Å². The maximum Gasteiger partial charge on any atom is 0.227 e. The summed E-state index contributed by atoms with van der Waals surface area (Å²) >= 11 is 1.68. The highest BCUT2D eigenvalue weighted by Gasteiger charge is 2.32. The number of hydrogen-bond acceptors (Lipinski definition) is 4. The van der Waals surface area contributed by atoms with Crippen LogP contribution in [0, 0.1) is 0 Å². The van der Waals surface area contributed by atoms with Crippen LogP contribution in [0.1, 0.15) is 55.6 Å². The molecule has 1 aromatic carbocycles. The Morgan fingerprint density at radius 2 is 2.12 bits per heavy atom. The summed E-state index contributed by atoms with van der Waals surface area (Å²) in [6.07, 6.45) is 3.82. The van der Waals surface area contributed by atoms with Gasteiger partial charge in [0, 0.05) is 17.0 Å². The molecular formula is C21H27NO3S. The highest BCUT2D eigenvalue weighted by atomic mass is 32.1. The van der Waals surface area contributed by atoms with Crippen LogP contribution in [0.3, 0.4) is 0 Å². The second kappa shape index (κ2) is 9.31. The van der Waals surface area contributed by atoms with Crippen molar-refractivity contribution < 1.29 is 14.6 Å². The normalized spacial score (nSPS) is 18.5. The molecule has 1 aliphatic heterocycles. The number of anilines is 1. The van der Waals surface area contributed by atoms with E-state index in [1.807, 2.05) is 40.6 Å². The number of carbonyl (C=O) groups is 1. The van der Waals surface area contributed by atoms with Gasteiger partial charge in [-0.2, -0.15) is 0 Å². The van der Waals surface area contributed by atoms with Crippen LogP contribution in [0.2, 0.25) is 0 Å². The SMILES string of the molecule is CCCCC(O)c1ccc(N2C(=O)CC[C@@H]2COCc2cccs2)cc1. The summed E-state index contributed by atoms with van der Waals surface area (Å²) in [5, 5.41) is 12.3. The molecule has 1 unspecified atom stereocenters. The Morgan fingerprint density at radius 1 is 1.31 bits per heavy atom. The summed E-state index contributed by atoms with van der Waals surface area (Å²) in [7, 11) is 0. The molecule has 140 valence electrons. The van der Waals surface area contributed by atoms with E-state index in [0.29, 0.717) is 19.6 Å². The second-order valence-corrected chi connectivity index (χ2v) is 7.83. The molecule has 1 fully saturated rings. The Hall–Kier alpha value is -1.69. The number of unbranched alkanes of at least 4 members (excludes halogenated alkanes) is 1. The third-order valence-electron chi connectivity index (χ3n) is 4.85. The first-order valence-electron chi connectivity index (χ1n) is 9.39. The molecule has 0 aliphatic carbocycles. The van der Waals surface area contributed by atoms with Crippen molar-refractivity contribution in [3.63, 3.8) is 0 Å². The molecule has 0 radical (unpaired) electrons. The molecule has 2 heterocycles. The zero-order chi connectivity index (χ0) is 18.4. The maximum atomic E-state index is 12.4. The predicted molar refractivity (Wildman–Crippen MR) is 105 cm³/mol. The van der Waals surface area contributed by atoms with Crippen LogP contribution in [0.15, 0.2) is 41.8 Å². The molecule has 5 heteroatoms. The lowest BCUT2D eigenvalue weighted by Crippen LogP contribution is -2.36. The smallest absolute Gasteiger partial charge is 0.227 e. The molecule has 1 saturated heterocycles. The van der Waals surface area contributed by atoms with Gasteiger partial charge in [-0.15, -0.1) is 11.3 Å². The predicted octanol–water partition coefficient (Wildman–Crippen LogP) is 4.68. The van der Waals surface area contributed by atoms with Gasteiger partial charge in [0.05, 0.1) is 25.4 Å². The van der Waals surface area contributed by atoms with Crippen LogP contribution in [0.25, 0.3) is 0 Å². The van der Waals surface area contributed by atoms with Crippen LogP contribution in [-0.2, 0) is 16.1 Å². The Morgan fingerprint density at radius 3 is 2.81 bits per heavy atom. The van der Waals surface area contributed by atoms with Crippen LogP contribution < -0.4 is 4.90 Å². The summed E-state index contributed by atoms with van der Waals surface area (Å²) < 4.78 is 5.84. The van der Waals surface area contributed by atoms with E-state index in [0.717, 1.165) is 36.9 Å². The van der Waals surface area contributed by atoms with Gasteiger partial charge < -0.3 is 14.7 Å². The van der Waals surface area contributed by atoms with Crippen LogP contribution in [0.4, 0.5) is 5.69 Å². The van der Waals surface area contributed by atoms with E-state index in [2.05, 4.69) is 13.0 Å². The van der Waals surface area contributed by atoms with Gasteiger partial charge in [0.15, 0.2) is 0 Å². The number of amides is 1. The number of benzene rings is 1. The molecule has 1 aromatic heterocycles. The van der Waals surface area contributed by atoms with Crippen molar-refractivity contribution in [2.75, 3.05) is 11.5 Å². The summed E-state index contributed by atoms with van der Waals surface area (Å²) in [4.78, 5) is 15.4. The highest BCUT2D eigenvalue weighted by Crippen LogP contribution is 2.29. The number of nitrogens with zero attached hydrogens (tertiary/aromatic N) is 1. The number of aliphatic hydroxyl groups is 1. The Bertz CT molecular complexity index is 684. The Balaban J connectivity index is 1.60. The van der Waals surface area contributed by atoms with Crippen molar-refractivity contribution in [2.45, 2.75) is 57.8 Å². The topological polar surface area (TPSA) is 49.8 Å². The largest absolute Gasteiger partial charge is 0.388 e. The molecular weight excluding hydrogens is 346 g/mol. The maximum absolute atomic E-state index is 12.4. The Kier molecular flexibility index (Phi) is 6.83. The molecule has 1 aliphatic rings.